The molecule has 2 aromatic heterocycles. The highest BCUT2D eigenvalue weighted by molar-refractivity contribution is 7.20. The van der Waals surface area contributed by atoms with Gasteiger partial charge >= 0.3 is 5.97 Å². The highest BCUT2D eigenvalue weighted by Crippen LogP contribution is 2.36. The first-order valence-corrected chi connectivity index (χ1v) is 10.2. The number of thiophene rings is 1. The Morgan fingerprint density at radius 3 is 2.88 bits per heavy atom. The van der Waals surface area contributed by atoms with Gasteiger partial charge in [-0.3, -0.25) is 9.69 Å². The molecule has 0 amide bonds. The molecule has 2 atom stereocenters. The molecule has 0 bridgehead atoms. The molecule has 0 unspecified atom stereocenters. The van der Waals surface area contributed by atoms with Gasteiger partial charge in [0.05, 0.1) is 19.0 Å². The maximum atomic E-state index is 12.6. The Labute approximate surface area is 156 Å². The van der Waals surface area contributed by atoms with Crippen molar-refractivity contribution < 1.29 is 9.53 Å². The normalized spacial score (nSPS) is 23.8. The third-order valence-corrected chi connectivity index (χ3v) is 7.10. The van der Waals surface area contributed by atoms with Crippen molar-refractivity contribution in [2.45, 2.75) is 58.0 Å². The standard InChI is InChI=1S/C19H25N3O3S/c1-11-15-17(23)20-14(21-18(15)26-16(11)19(24)25-2)10-22-9-5-7-12-6-3-4-8-13(12)22/h12-13H,3-10H2,1-2H3,(H,20,21,23)/t12-,13+/m1/s1. The summed E-state index contributed by atoms with van der Waals surface area (Å²) in [5.41, 5.74) is 0.494. The average Bonchev–Trinajstić information content (AvgIpc) is 2.98. The molecule has 0 spiro atoms. The maximum Gasteiger partial charge on any atom is 0.348 e. The minimum absolute atomic E-state index is 0.161. The highest BCUT2D eigenvalue weighted by Gasteiger charge is 2.33. The summed E-state index contributed by atoms with van der Waals surface area (Å²) in [5.74, 6) is 1.08. The number of likely N-dealkylation sites (tertiary alicyclic amines) is 1. The molecule has 0 radical (unpaired) electrons. The average molecular weight is 375 g/mol. The summed E-state index contributed by atoms with van der Waals surface area (Å²) in [6.45, 7) is 3.52. The number of piperidine rings is 1. The van der Waals surface area contributed by atoms with Crippen molar-refractivity contribution in [3.8, 4) is 0 Å². The number of carbonyl (C=O) groups is 1. The zero-order chi connectivity index (χ0) is 18.3. The number of aromatic amines is 1. The van der Waals surface area contributed by atoms with E-state index < -0.39 is 5.97 Å². The van der Waals surface area contributed by atoms with E-state index in [9.17, 15) is 9.59 Å². The van der Waals surface area contributed by atoms with Gasteiger partial charge in [-0.15, -0.1) is 11.3 Å². The Bertz CT molecular complexity index is 886. The molecule has 6 nitrogen and oxygen atoms in total. The van der Waals surface area contributed by atoms with E-state index in [2.05, 4.69) is 14.9 Å². The fraction of sp³-hybridized carbons (Fsp3) is 0.632. The summed E-state index contributed by atoms with van der Waals surface area (Å²) in [6.07, 6.45) is 7.78. The number of aromatic nitrogens is 2. The lowest BCUT2D eigenvalue weighted by Gasteiger charge is -2.43. The van der Waals surface area contributed by atoms with Gasteiger partial charge in [-0.2, -0.15) is 0 Å². The van der Waals surface area contributed by atoms with Crippen molar-refractivity contribution >= 4 is 27.5 Å². The Balaban J connectivity index is 1.65. The fourth-order valence-corrected chi connectivity index (χ4v) is 5.79. The summed E-state index contributed by atoms with van der Waals surface area (Å²) < 4.78 is 4.82. The number of rotatable bonds is 3. The summed E-state index contributed by atoms with van der Waals surface area (Å²) in [7, 11) is 1.35. The van der Waals surface area contributed by atoms with Crippen LogP contribution in [-0.4, -0.2) is 40.5 Å². The largest absolute Gasteiger partial charge is 0.465 e. The molecule has 2 fully saturated rings. The van der Waals surface area contributed by atoms with Crippen LogP contribution in [-0.2, 0) is 11.3 Å². The van der Waals surface area contributed by atoms with E-state index in [4.69, 9.17) is 4.74 Å². The van der Waals surface area contributed by atoms with Crippen LogP contribution in [0, 0.1) is 12.8 Å². The Hall–Kier alpha value is -1.73. The number of hydrogen-bond acceptors (Lipinski definition) is 6. The minimum atomic E-state index is -0.410. The summed E-state index contributed by atoms with van der Waals surface area (Å²) in [4.78, 5) is 35.7. The summed E-state index contributed by atoms with van der Waals surface area (Å²) >= 11 is 1.25. The molecular formula is C19H25N3O3S. The van der Waals surface area contributed by atoms with Crippen LogP contribution in [0.4, 0.5) is 0 Å². The number of nitrogens with zero attached hydrogens (tertiary/aromatic N) is 2. The number of aryl methyl sites for hydroxylation is 1. The number of esters is 1. The molecule has 140 valence electrons. The Kier molecular flexibility index (Phi) is 4.84. The van der Waals surface area contributed by atoms with E-state index in [1.165, 1.54) is 57.0 Å². The second kappa shape index (κ2) is 7.12. The number of ether oxygens (including phenoxy) is 1. The lowest BCUT2D eigenvalue weighted by atomic mass is 9.78. The van der Waals surface area contributed by atoms with Gasteiger partial charge < -0.3 is 9.72 Å². The van der Waals surface area contributed by atoms with E-state index in [-0.39, 0.29) is 5.56 Å². The smallest absolute Gasteiger partial charge is 0.348 e. The molecule has 3 heterocycles. The second-order valence-electron chi connectivity index (χ2n) is 7.47. The molecule has 1 saturated carbocycles. The van der Waals surface area contributed by atoms with Gasteiger partial charge in [-0.25, -0.2) is 9.78 Å². The molecule has 0 aromatic carbocycles. The number of nitrogens with one attached hydrogen (secondary N) is 1. The van der Waals surface area contributed by atoms with Gasteiger partial charge in [0.25, 0.3) is 5.56 Å². The quantitative estimate of drug-likeness (QED) is 0.834. The Morgan fingerprint density at radius 2 is 2.08 bits per heavy atom. The molecule has 4 rings (SSSR count). The molecule has 1 N–H and O–H groups in total. The van der Waals surface area contributed by atoms with Gasteiger partial charge in [-0.05, 0) is 50.6 Å². The van der Waals surface area contributed by atoms with Gasteiger partial charge in [0.1, 0.15) is 15.5 Å². The monoisotopic (exact) mass is 375 g/mol. The van der Waals surface area contributed by atoms with Crippen LogP contribution in [0.25, 0.3) is 10.2 Å². The number of hydrogen-bond donors (Lipinski definition) is 1. The van der Waals surface area contributed by atoms with Crippen molar-refractivity contribution in [2.24, 2.45) is 5.92 Å². The lowest BCUT2D eigenvalue weighted by molar-refractivity contribution is 0.0527. The maximum absolute atomic E-state index is 12.6. The van der Waals surface area contributed by atoms with Crippen LogP contribution in [0.15, 0.2) is 4.79 Å². The zero-order valence-electron chi connectivity index (χ0n) is 15.3. The van der Waals surface area contributed by atoms with Gasteiger partial charge in [0, 0.05) is 6.04 Å². The van der Waals surface area contributed by atoms with Crippen molar-refractivity contribution in [1.82, 2.24) is 14.9 Å². The number of H-pyrrole nitrogens is 1. The van der Waals surface area contributed by atoms with E-state index in [0.29, 0.717) is 39.1 Å². The first-order valence-electron chi connectivity index (χ1n) is 9.43. The van der Waals surface area contributed by atoms with Crippen LogP contribution in [0.5, 0.6) is 0 Å². The van der Waals surface area contributed by atoms with E-state index in [1.54, 1.807) is 6.92 Å². The number of fused-ring (bicyclic) bond motifs is 2. The molecule has 7 heteroatoms. The molecular weight excluding hydrogens is 350 g/mol. The first-order chi connectivity index (χ1) is 12.6. The zero-order valence-corrected chi connectivity index (χ0v) is 16.2. The third-order valence-electron chi connectivity index (χ3n) is 5.93. The number of methoxy groups -OCH3 is 1. The molecule has 1 aliphatic heterocycles. The van der Waals surface area contributed by atoms with Crippen molar-refractivity contribution in [3.63, 3.8) is 0 Å². The SMILES string of the molecule is COC(=O)c1sc2nc(CN3CCC[C@H]4CCCC[C@@H]43)[nH]c(=O)c2c1C. The van der Waals surface area contributed by atoms with Crippen molar-refractivity contribution in [3.05, 3.63) is 26.6 Å². The molecule has 1 aliphatic carbocycles. The summed E-state index contributed by atoms with van der Waals surface area (Å²) in [5, 5.41) is 0.508. The summed E-state index contributed by atoms with van der Waals surface area (Å²) in [6, 6.07) is 0.620. The predicted molar refractivity (Wildman–Crippen MR) is 102 cm³/mol. The first kappa shape index (κ1) is 17.7. The molecule has 2 aromatic rings. The second-order valence-corrected chi connectivity index (χ2v) is 8.46. The van der Waals surface area contributed by atoms with Crippen LogP contribution in [0.3, 0.4) is 0 Å². The predicted octanol–water partition coefficient (Wildman–Crippen LogP) is 3.23. The fourth-order valence-electron chi connectivity index (χ4n) is 4.67. The van der Waals surface area contributed by atoms with Crippen molar-refractivity contribution in [1.29, 1.82) is 0 Å². The Morgan fingerprint density at radius 1 is 1.31 bits per heavy atom. The van der Waals surface area contributed by atoms with E-state index in [0.717, 1.165) is 12.5 Å². The van der Waals surface area contributed by atoms with Gasteiger partial charge in [-0.1, -0.05) is 12.8 Å². The van der Waals surface area contributed by atoms with Crippen LogP contribution >= 0.6 is 11.3 Å². The van der Waals surface area contributed by atoms with Crippen molar-refractivity contribution in [2.75, 3.05) is 13.7 Å². The lowest BCUT2D eigenvalue weighted by Crippen LogP contribution is -2.46. The van der Waals surface area contributed by atoms with Crippen LogP contribution in [0.2, 0.25) is 0 Å². The molecule has 1 saturated heterocycles. The van der Waals surface area contributed by atoms with Crippen LogP contribution < -0.4 is 5.56 Å². The third kappa shape index (κ3) is 3.07. The topological polar surface area (TPSA) is 75.3 Å². The van der Waals surface area contributed by atoms with E-state index in [1.807, 2.05) is 0 Å². The van der Waals surface area contributed by atoms with Gasteiger partial charge in [0.15, 0.2) is 0 Å². The number of carbonyl (C=O) groups excluding carboxylic acids is 1. The molecule has 26 heavy (non-hydrogen) atoms. The van der Waals surface area contributed by atoms with Crippen LogP contribution in [0.1, 0.15) is 59.6 Å². The van der Waals surface area contributed by atoms with Gasteiger partial charge in [0.2, 0.25) is 0 Å². The highest BCUT2D eigenvalue weighted by atomic mass is 32.1. The minimum Gasteiger partial charge on any atom is -0.465 e. The molecule has 2 aliphatic rings. The van der Waals surface area contributed by atoms with E-state index >= 15 is 0 Å².